The van der Waals surface area contributed by atoms with Crippen LogP contribution in [0.5, 0.6) is 0 Å². The van der Waals surface area contributed by atoms with Crippen LogP contribution in [0.25, 0.3) is 0 Å². The standard InChI is InChI=1S/C11H19NO.H2S/c13-11(5-1-2-6-11)10-8-3-4-9(7-8)12-10;/h8-10,12-13H,1-7H2;1H2/t8?,9?,10-;/m0./s1. The maximum absolute atomic E-state index is 10.5. The molecular weight excluding hydrogens is 194 g/mol. The summed E-state index contributed by atoms with van der Waals surface area (Å²) < 4.78 is 0. The molecule has 2 aliphatic carbocycles. The van der Waals surface area contributed by atoms with E-state index in [0.717, 1.165) is 24.8 Å². The minimum atomic E-state index is -0.333. The Morgan fingerprint density at radius 2 is 1.86 bits per heavy atom. The molecule has 2 unspecified atom stereocenters. The van der Waals surface area contributed by atoms with Gasteiger partial charge in [0.15, 0.2) is 0 Å². The second-order valence-corrected chi connectivity index (χ2v) is 5.23. The molecule has 0 radical (unpaired) electrons. The minimum absolute atomic E-state index is 0. The van der Waals surface area contributed by atoms with Crippen molar-refractivity contribution in [2.45, 2.75) is 62.6 Å². The van der Waals surface area contributed by atoms with E-state index in [4.69, 9.17) is 0 Å². The van der Waals surface area contributed by atoms with E-state index in [0.29, 0.717) is 6.04 Å². The van der Waals surface area contributed by atoms with Gasteiger partial charge < -0.3 is 10.4 Å². The highest BCUT2D eigenvalue weighted by molar-refractivity contribution is 7.59. The normalized spacial score (nSPS) is 43.9. The zero-order valence-electron chi connectivity index (χ0n) is 8.63. The SMILES string of the molecule is OC1([C@H]2NC3CCC2C3)CCCC1.S. The summed E-state index contributed by atoms with van der Waals surface area (Å²) in [6.07, 6.45) is 8.55. The van der Waals surface area contributed by atoms with E-state index in [1.807, 2.05) is 0 Å². The van der Waals surface area contributed by atoms with Gasteiger partial charge in [-0.1, -0.05) is 12.8 Å². The summed E-state index contributed by atoms with van der Waals surface area (Å²) in [6, 6.07) is 1.17. The molecule has 2 N–H and O–H groups in total. The van der Waals surface area contributed by atoms with Crippen LogP contribution in [-0.4, -0.2) is 22.8 Å². The Bertz CT molecular complexity index is 215. The zero-order valence-corrected chi connectivity index (χ0v) is 9.63. The molecule has 0 aromatic rings. The number of aliphatic hydroxyl groups is 1. The molecule has 2 bridgehead atoms. The molecule has 2 nitrogen and oxygen atoms in total. The number of rotatable bonds is 1. The Balaban J connectivity index is 0.000000750. The number of hydrogen-bond acceptors (Lipinski definition) is 2. The molecular formula is C11H21NOS. The first-order chi connectivity index (χ1) is 6.28. The maximum Gasteiger partial charge on any atom is 0.0802 e. The van der Waals surface area contributed by atoms with Crippen molar-refractivity contribution in [3.63, 3.8) is 0 Å². The molecule has 1 heterocycles. The molecule has 0 spiro atoms. The van der Waals surface area contributed by atoms with Crippen LogP contribution >= 0.6 is 13.5 Å². The topological polar surface area (TPSA) is 32.3 Å². The fourth-order valence-corrected chi connectivity index (χ4v) is 3.75. The van der Waals surface area contributed by atoms with Crippen molar-refractivity contribution < 1.29 is 5.11 Å². The van der Waals surface area contributed by atoms with Crippen LogP contribution in [0, 0.1) is 5.92 Å². The van der Waals surface area contributed by atoms with Gasteiger partial charge in [0, 0.05) is 12.1 Å². The maximum atomic E-state index is 10.5. The summed E-state index contributed by atoms with van der Waals surface area (Å²) in [6.45, 7) is 0. The molecule has 0 amide bonds. The fourth-order valence-electron chi connectivity index (χ4n) is 3.75. The number of piperidine rings is 1. The van der Waals surface area contributed by atoms with E-state index in [2.05, 4.69) is 5.32 Å². The van der Waals surface area contributed by atoms with Gasteiger partial charge in [0.05, 0.1) is 5.60 Å². The second-order valence-electron chi connectivity index (χ2n) is 5.23. The van der Waals surface area contributed by atoms with Gasteiger partial charge in [-0.15, -0.1) is 0 Å². The summed E-state index contributed by atoms with van der Waals surface area (Å²) in [5, 5.41) is 14.1. The van der Waals surface area contributed by atoms with Gasteiger partial charge in [-0.05, 0) is 38.0 Å². The van der Waals surface area contributed by atoms with Crippen LogP contribution in [0.3, 0.4) is 0 Å². The van der Waals surface area contributed by atoms with E-state index in [1.54, 1.807) is 0 Å². The Kier molecular flexibility index (Phi) is 2.84. The lowest BCUT2D eigenvalue weighted by Gasteiger charge is -2.36. The molecule has 3 atom stereocenters. The van der Waals surface area contributed by atoms with Crippen molar-refractivity contribution >= 4 is 13.5 Å². The molecule has 1 saturated heterocycles. The largest absolute Gasteiger partial charge is 0.388 e. The molecule has 82 valence electrons. The van der Waals surface area contributed by atoms with Gasteiger partial charge in [0.1, 0.15) is 0 Å². The van der Waals surface area contributed by atoms with Crippen LogP contribution in [0.4, 0.5) is 0 Å². The van der Waals surface area contributed by atoms with E-state index >= 15 is 0 Å². The van der Waals surface area contributed by atoms with E-state index in [9.17, 15) is 5.11 Å². The Morgan fingerprint density at radius 3 is 2.36 bits per heavy atom. The predicted molar refractivity (Wildman–Crippen MR) is 61.9 cm³/mol. The van der Waals surface area contributed by atoms with Crippen molar-refractivity contribution in [1.29, 1.82) is 0 Å². The first-order valence-corrected chi connectivity index (χ1v) is 5.76. The van der Waals surface area contributed by atoms with Crippen LogP contribution < -0.4 is 5.32 Å². The molecule has 2 saturated carbocycles. The van der Waals surface area contributed by atoms with E-state index in [1.165, 1.54) is 32.1 Å². The summed E-state index contributed by atoms with van der Waals surface area (Å²) in [5.74, 6) is 0.785. The van der Waals surface area contributed by atoms with Crippen molar-refractivity contribution in [3.05, 3.63) is 0 Å². The Hall–Kier alpha value is 0.270. The van der Waals surface area contributed by atoms with Crippen molar-refractivity contribution in [3.8, 4) is 0 Å². The lowest BCUT2D eigenvalue weighted by atomic mass is 9.83. The van der Waals surface area contributed by atoms with Crippen LogP contribution in [-0.2, 0) is 0 Å². The first-order valence-electron chi connectivity index (χ1n) is 5.76. The highest BCUT2D eigenvalue weighted by Gasteiger charge is 2.50. The fraction of sp³-hybridized carbons (Fsp3) is 1.00. The molecule has 3 heteroatoms. The van der Waals surface area contributed by atoms with Gasteiger partial charge in [-0.2, -0.15) is 13.5 Å². The predicted octanol–water partition coefficient (Wildman–Crippen LogP) is 1.54. The summed E-state index contributed by atoms with van der Waals surface area (Å²) in [7, 11) is 0. The van der Waals surface area contributed by atoms with Gasteiger partial charge in [-0.25, -0.2) is 0 Å². The zero-order chi connectivity index (χ0) is 8.89. The van der Waals surface area contributed by atoms with Gasteiger partial charge in [0.2, 0.25) is 0 Å². The Morgan fingerprint density at radius 1 is 1.14 bits per heavy atom. The van der Waals surface area contributed by atoms with Crippen LogP contribution in [0.15, 0.2) is 0 Å². The number of fused-ring (bicyclic) bond motifs is 2. The third-order valence-corrected chi connectivity index (χ3v) is 4.41. The highest BCUT2D eigenvalue weighted by atomic mass is 32.1. The first kappa shape index (κ1) is 10.8. The van der Waals surface area contributed by atoms with Gasteiger partial charge >= 0.3 is 0 Å². The van der Waals surface area contributed by atoms with Crippen LogP contribution in [0.2, 0.25) is 0 Å². The third kappa shape index (κ3) is 1.50. The summed E-state index contributed by atoms with van der Waals surface area (Å²) in [4.78, 5) is 0. The summed E-state index contributed by atoms with van der Waals surface area (Å²) >= 11 is 0. The van der Waals surface area contributed by atoms with Crippen molar-refractivity contribution in [2.75, 3.05) is 0 Å². The number of hydrogen-bond donors (Lipinski definition) is 2. The van der Waals surface area contributed by atoms with E-state index in [-0.39, 0.29) is 19.1 Å². The third-order valence-electron chi connectivity index (χ3n) is 4.41. The van der Waals surface area contributed by atoms with E-state index < -0.39 is 0 Å². The molecule has 3 rings (SSSR count). The quantitative estimate of drug-likeness (QED) is 0.695. The Labute approximate surface area is 92.9 Å². The lowest BCUT2D eigenvalue weighted by molar-refractivity contribution is -0.00673. The minimum Gasteiger partial charge on any atom is -0.388 e. The monoisotopic (exact) mass is 215 g/mol. The van der Waals surface area contributed by atoms with Gasteiger partial charge in [0.25, 0.3) is 0 Å². The average Bonchev–Trinajstić information content (AvgIpc) is 2.77. The molecule has 3 aliphatic rings. The lowest BCUT2D eigenvalue weighted by Crippen LogP contribution is -2.52. The molecule has 0 aromatic carbocycles. The second kappa shape index (κ2) is 3.69. The average molecular weight is 215 g/mol. The number of nitrogens with one attached hydrogen (secondary N) is 1. The van der Waals surface area contributed by atoms with Crippen molar-refractivity contribution in [2.24, 2.45) is 5.92 Å². The van der Waals surface area contributed by atoms with Gasteiger partial charge in [-0.3, -0.25) is 0 Å². The molecule has 3 fully saturated rings. The molecule has 1 aliphatic heterocycles. The summed E-state index contributed by atoms with van der Waals surface area (Å²) in [5.41, 5.74) is -0.333. The smallest absolute Gasteiger partial charge is 0.0802 e. The molecule has 0 aromatic heterocycles. The van der Waals surface area contributed by atoms with Crippen LogP contribution in [0.1, 0.15) is 44.9 Å². The molecule has 14 heavy (non-hydrogen) atoms. The van der Waals surface area contributed by atoms with Crippen molar-refractivity contribution in [1.82, 2.24) is 5.32 Å². The highest BCUT2D eigenvalue weighted by Crippen LogP contribution is 2.44.